The fraction of sp³-hybridized carbons (Fsp3) is 0.417. The summed E-state index contributed by atoms with van der Waals surface area (Å²) in [5.41, 5.74) is 6.61. The van der Waals surface area contributed by atoms with Gasteiger partial charge in [0.15, 0.2) is 0 Å². The quantitative estimate of drug-likeness (QED) is 0.614. The Morgan fingerprint density at radius 1 is 1.58 bits per heavy atom. The molecule has 0 unspecified atom stereocenters. The van der Waals surface area contributed by atoms with Crippen LogP contribution in [0.4, 0.5) is 11.4 Å². The van der Waals surface area contributed by atoms with Crippen molar-refractivity contribution in [3.8, 4) is 0 Å². The van der Waals surface area contributed by atoms with Crippen LogP contribution in [-0.4, -0.2) is 28.9 Å². The van der Waals surface area contributed by atoms with E-state index < -0.39 is 16.9 Å². The normalized spacial score (nSPS) is 11.9. The van der Waals surface area contributed by atoms with Crippen molar-refractivity contribution < 1.29 is 9.72 Å². The number of nitro groups is 1. The number of carbonyl (C=O) groups excluding carboxylic acids is 1. The molecule has 7 heteroatoms. The summed E-state index contributed by atoms with van der Waals surface area (Å²) in [5.74, 6) is 0.368. The maximum Gasteiger partial charge on any atom is 0.292 e. The lowest BCUT2D eigenvalue weighted by molar-refractivity contribution is -0.383. The monoisotopic (exact) mass is 283 g/mol. The van der Waals surface area contributed by atoms with Crippen molar-refractivity contribution in [2.75, 3.05) is 17.3 Å². The Morgan fingerprint density at radius 3 is 2.84 bits per heavy atom. The minimum Gasteiger partial charge on any atom is -0.320 e. The van der Waals surface area contributed by atoms with Crippen molar-refractivity contribution in [3.05, 3.63) is 33.9 Å². The number of hydrogen-bond donors (Lipinski definition) is 2. The summed E-state index contributed by atoms with van der Waals surface area (Å²) in [4.78, 5) is 22.2. The Balaban J connectivity index is 2.83. The first-order valence-electron chi connectivity index (χ1n) is 5.76. The van der Waals surface area contributed by atoms with E-state index in [1.54, 1.807) is 30.8 Å². The van der Waals surface area contributed by atoms with E-state index in [9.17, 15) is 14.9 Å². The summed E-state index contributed by atoms with van der Waals surface area (Å²) in [6.07, 6.45) is 2.46. The number of anilines is 1. The van der Waals surface area contributed by atoms with E-state index >= 15 is 0 Å². The average Bonchev–Trinajstić information content (AvgIpc) is 2.35. The molecule has 0 aliphatic carbocycles. The van der Waals surface area contributed by atoms with Crippen LogP contribution in [0.2, 0.25) is 0 Å². The summed E-state index contributed by atoms with van der Waals surface area (Å²) in [7, 11) is 0. The Kier molecular flexibility index (Phi) is 5.78. The summed E-state index contributed by atoms with van der Waals surface area (Å²) < 4.78 is 0. The molecule has 1 atom stereocenters. The highest BCUT2D eigenvalue weighted by atomic mass is 32.2. The molecule has 1 aromatic carbocycles. The number of aryl methyl sites for hydroxylation is 1. The van der Waals surface area contributed by atoms with Crippen molar-refractivity contribution >= 4 is 29.0 Å². The van der Waals surface area contributed by atoms with Crippen LogP contribution in [0, 0.1) is 17.0 Å². The molecule has 0 aromatic heterocycles. The second kappa shape index (κ2) is 7.10. The minimum atomic E-state index is -0.660. The Morgan fingerprint density at radius 2 is 2.26 bits per heavy atom. The van der Waals surface area contributed by atoms with Crippen molar-refractivity contribution in [3.63, 3.8) is 0 Å². The maximum atomic E-state index is 11.8. The molecular formula is C12H17N3O3S. The van der Waals surface area contributed by atoms with Gasteiger partial charge in [-0.25, -0.2) is 0 Å². The van der Waals surface area contributed by atoms with Crippen LogP contribution in [0.3, 0.4) is 0 Å². The van der Waals surface area contributed by atoms with Crippen LogP contribution in [0.15, 0.2) is 18.2 Å². The summed E-state index contributed by atoms with van der Waals surface area (Å²) in [6, 6.07) is 3.91. The van der Waals surface area contributed by atoms with Gasteiger partial charge >= 0.3 is 0 Å². The number of hydrogen-bond acceptors (Lipinski definition) is 5. The molecule has 0 bridgehead atoms. The van der Waals surface area contributed by atoms with E-state index in [1.807, 2.05) is 6.26 Å². The lowest BCUT2D eigenvalue weighted by Gasteiger charge is -2.12. The maximum absolute atomic E-state index is 11.8. The van der Waals surface area contributed by atoms with Gasteiger partial charge in [-0.1, -0.05) is 6.07 Å². The standard InChI is InChI=1S/C12H17N3O3S/c1-8-3-4-11(15(17)18)10(7-8)14-12(16)9(13)5-6-19-2/h3-4,7,9H,5-6,13H2,1-2H3,(H,14,16)/t9-/m0/s1. The number of nitrogens with two attached hydrogens (primary N) is 1. The molecule has 0 aliphatic heterocycles. The predicted molar refractivity (Wildman–Crippen MR) is 77.4 cm³/mol. The molecule has 0 fully saturated rings. The van der Waals surface area contributed by atoms with Crippen molar-refractivity contribution in [1.82, 2.24) is 0 Å². The van der Waals surface area contributed by atoms with E-state index in [2.05, 4.69) is 5.32 Å². The van der Waals surface area contributed by atoms with Crippen molar-refractivity contribution in [1.29, 1.82) is 0 Å². The number of nitrogens with zero attached hydrogens (tertiary/aromatic N) is 1. The first kappa shape index (κ1) is 15.5. The summed E-state index contributed by atoms with van der Waals surface area (Å²) >= 11 is 1.60. The highest BCUT2D eigenvalue weighted by molar-refractivity contribution is 7.98. The molecule has 0 heterocycles. The smallest absolute Gasteiger partial charge is 0.292 e. The first-order valence-corrected chi connectivity index (χ1v) is 7.15. The fourth-order valence-corrected chi connectivity index (χ4v) is 2.00. The highest BCUT2D eigenvalue weighted by Crippen LogP contribution is 2.25. The van der Waals surface area contributed by atoms with Gasteiger partial charge in [0, 0.05) is 6.07 Å². The molecule has 104 valence electrons. The molecule has 0 saturated heterocycles. The largest absolute Gasteiger partial charge is 0.320 e. The summed E-state index contributed by atoms with van der Waals surface area (Å²) in [6.45, 7) is 1.80. The molecule has 1 amide bonds. The molecular weight excluding hydrogens is 266 g/mol. The zero-order chi connectivity index (χ0) is 14.4. The second-order valence-electron chi connectivity index (χ2n) is 4.15. The van der Waals surface area contributed by atoms with Crippen LogP contribution >= 0.6 is 11.8 Å². The number of nitro benzene ring substituents is 1. The zero-order valence-electron chi connectivity index (χ0n) is 10.9. The van der Waals surface area contributed by atoms with Gasteiger partial charge in [-0.15, -0.1) is 0 Å². The zero-order valence-corrected chi connectivity index (χ0v) is 11.7. The molecule has 0 radical (unpaired) electrons. The van der Waals surface area contributed by atoms with E-state index in [1.165, 1.54) is 6.07 Å². The lowest BCUT2D eigenvalue weighted by Crippen LogP contribution is -2.36. The number of thioether (sulfide) groups is 1. The van der Waals surface area contributed by atoms with Crippen LogP contribution in [-0.2, 0) is 4.79 Å². The van der Waals surface area contributed by atoms with E-state index in [0.717, 1.165) is 11.3 Å². The Bertz CT molecular complexity index is 479. The van der Waals surface area contributed by atoms with Gasteiger partial charge in [-0.05, 0) is 37.0 Å². The minimum absolute atomic E-state index is 0.129. The van der Waals surface area contributed by atoms with E-state index in [-0.39, 0.29) is 11.4 Å². The molecule has 1 aromatic rings. The third kappa shape index (κ3) is 4.53. The SMILES string of the molecule is CSCC[C@H](N)C(=O)Nc1cc(C)ccc1[N+](=O)[O-]. The van der Waals surface area contributed by atoms with Crippen molar-refractivity contribution in [2.45, 2.75) is 19.4 Å². The van der Waals surface area contributed by atoms with E-state index in [4.69, 9.17) is 5.73 Å². The van der Waals surface area contributed by atoms with Gasteiger partial charge in [-0.2, -0.15) is 11.8 Å². The van der Waals surface area contributed by atoms with E-state index in [0.29, 0.717) is 6.42 Å². The molecule has 0 spiro atoms. The molecule has 19 heavy (non-hydrogen) atoms. The average molecular weight is 283 g/mol. The number of amides is 1. The van der Waals surface area contributed by atoms with Gasteiger partial charge in [0.25, 0.3) is 5.69 Å². The van der Waals surface area contributed by atoms with Crippen LogP contribution < -0.4 is 11.1 Å². The third-order valence-corrected chi connectivity index (χ3v) is 3.22. The number of rotatable bonds is 6. The van der Waals surface area contributed by atoms with Crippen molar-refractivity contribution in [2.24, 2.45) is 5.73 Å². The number of benzene rings is 1. The van der Waals surface area contributed by atoms with Gasteiger partial charge in [0.2, 0.25) is 5.91 Å². The Hall–Kier alpha value is -1.60. The topological polar surface area (TPSA) is 98.3 Å². The number of carbonyl (C=O) groups is 1. The predicted octanol–water partition coefficient (Wildman–Crippen LogP) is 1.92. The van der Waals surface area contributed by atoms with Gasteiger partial charge in [-0.3, -0.25) is 14.9 Å². The molecule has 6 nitrogen and oxygen atoms in total. The Labute approximate surface area is 115 Å². The van der Waals surface area contributed by atoms with Gasteiger partial charge in [0.05, 0.1) is 11.0 Å². The van der Waals surface area contributed by atoms with Gasteiger partial charge < -0.3 is 11.1 Å². The van der Waals surface area contributed by atoms with Gasteiger partial charge in [0.1, 0.15) is 5.69 Å². The first-order chi connectivity index (χ1) is 8.95. The van der Waals surface area contributed by atoms with Crippen LogP contribution in [0.25, 0.3) is 0 Å². The molecule has 0 aliphatic rings. The van der Waals surface area contributed by atoms with Crippen LogP contribution in [0.5, 0.6) is 0 Å². The van der Waals surface area contributed by atoms with Crippen LogP contribution in [0.1, 0.15) is 12.0 Å². The lowest BCUT2D eigenvalue weighted by atomic mass is 10.1. The highest BCUT2D eigenvalue weighted by Gasteiger charge is 2.19. The number of nitrogens with one attached hydrogen (secondary N) is 1. The molecule has 1 rings (SSSR count). The third-order valence-electron chi connectivity index (χ3n) is 2.58. The molecule has 3 N–H and O–H groups in total. The summed E-state index contributed by atoms with van der Waals surface area (Å²) in [5, 5.41) is 13.4. The fourth-order valence-electron chi connectivity index (χ4n) is 1.51. The second-order valence-corrected chi connectivity index (χ2v) is 5.14. The molecule has 0 saturated carbocycles.